The third-order valence-electron chi connectivity index (χ3n) is 18.3. The first-order chi connectivity index (χ1) is 35.6. The molecule has 0 unspecified atom stereocenters. The van der Waals surface area contributed by atoms with Gasteiger partial charge in [-0.25, -0.2) is 0 Å². The Hall–Kier alpha value is -6.12. The molecular formula is C74H88N2. The first-order valence-corrected chi connectivity index (χ1v) is 28.8. The molecule has 0 saturated heterocycles. The van der Waals surface area contributed by atoms with E-state index in [1.807, 2.05) is 0 Å². The summed E-state index contributed by atoms with van der Waals surface area (Å²) < 4.78 is 0. The number of benzene rings is 8. The van der Waals surface area contributed by atoms with Gasteiger partial charge in [-0.05, 0) is 221 Å². The van der Waals surface area contributed by atoms with Gasteiger partial charge in [-0.1, -0.05) is 185 Å². The minimum atomic E-state index is 0.00889. The van der Waals surface area contributed by atoms with Crippen LogP contribution in [0.25, 0.3) is 32.7 Å². The molecule has 0 saturated carbocycles. The van der Waals surface area contributed by atoms with Crippen molar-refractivity contribution in [1.82, 2.24) is 0 Å². The number of rotatable bonds is 9. The molecule has 0 spiro atoms. The number of hydrogen-bond donors (Lipinski definition) is 0. The fraction of sp³-hybridized carbons (Fsp3) is 0.405. The van der Waals surface area contributed by atoms with Gasteiger partial charge in [0.2, 0.25) is 0 Å². The first-order valence-electron chi connectivity index (χ1n) is 28.8. The van der Waals surface area contributed by atoms with Crippen LogP contribution in [0, 0.1) is 0 Å². The van der Waals surface area contributed by atoms with Crippen molar-refractivity contribution in [2.24, 2.45) is 0 Å². The largest absolute Gasteiger partial charge is 0.311 e. The molecule has 0 heterocycles. The smallest absolute Gasteiger partial charge is 0.0619 e. The van der Waals surface area contributed by atoms with Gasteiger partial charge in [0.15, 0.2) is 0 Å². The van der Waals surface area contributed by atoms with E-state index in [2.05, 4.69) is 280 Å². The molecular weight excluding hydrogens is 917 g/mol. The topological polar surface area (TPSA) is 6.48 Å². The lowest BCUT2D eigenvalue weighted by atomic mass is 9.61. The molecule has 8 aromatic rings. The minimum absolute atomic E-state index is 0.00889. The molecule has 2 heteroatoms. The van der Waals surface area contributed by atoms with Gasteiger partial charge in [0, 0.05) is 39.2 Å². The van der Waals surface area contributed by atoms with Gasteiger partial charge < -0.3 is 9.80 Å². The Morgan fingerprint density at radius 3 is 0.895 bits per heavy atom. The summed E-state index contributed by atoms with van der Waals surface area (Å²) in [7, 11) is 0. The highest BCUT2D eigenvalue weighted by Gasteiger charge is 2.41. The van der Waals surface area contributed by atoms with Gasteiger partial charge in [0.05, 0.1) is 5.69 Å². The van der Waals surface area contributed by atoms with Crippen molar-refractivity contribution in [2.75, 3.05) is 9.80 Å². The number of anilines is 6. The van der Waals surface area contributed by atoms with Crippen LogP contribution < -0.4 is 9.80 Å². The number of nitrogens with zero attached hydrogens (tertiary/aromatic N) is 2. The van der Waals surface area contributed by atoms with Crippen molar-refractivity contribution in [2.45, 2.75) is 195 Å². The molecule has 0 amide bonds. The lowest BCUT2D eigenvalue weighted by Gasteiger charge is -2.43. The monoisotopic (exact) mass is 1000 g/mol. The van der Waals surface area contributed by atoms with E-state index in [4.69, 9.17) is 0 Å². The lowest BCUT2D eigenvalue weighted by molar-refractivity contribution is 0.332. The summed E-state index contributed by atoms with van der Waals surface area (Å²) in [5.41, 5.74) is 21.1. The van der Waals surface area contributed by atoms with Gasteiger partial charge >= 0.3 is 0 Å². The number of hydrogen-bond acceptors (Lipinski definition) is 2. The van der Waals surface area contributed by atoms with Gasteiger partial charge in [0.25, 0.3) is 0 Å². The Bertz CT molecular complexity index is 3340. The molecule has 2 aliphatic rings. The van der Waals surface area contributed by atoms with Crippen molar-refractivity contribution in [1.29, 1.82) is 0 Å². The Balaban J connectivity index is 1.32. The fourth-order valence-electron chi connectivity index (χ4n) is 12.7. The Morgan fingerprint density at radius 1 is 0.342 bits per heavy atom. The zero-order valence-electron chi connectivity index (χ0n) is 49.7. The van der Waals surface area contributed by atoms with Gasteiger partial charge in [-0.15, -0.1) is 0 Å². The first kappa shape index (κ1) is 53.3. The summed E-state index contributed by atoms with van der Waals surface area (Å²) in [4.78, 5) is 5.07. The maximum absolute atomic E-state index is 2.66. The number of fused-ring (bicyclic) bond motifs is 4. The summed E-state index contributed by atoms with van der Waals surface area (Å²) in [5.74, 6) is 0.890. The normalized spacial score (nSPS) is 16.7. The third kappa shape index (κ3) is 9.60. The highest BCUT2D eigenvalue weighted by atomic mass is 15.1. The highest BCUT2D eigenvalue weighted by Crippen LogP contribution is 2.56. The van der Waals surface area contributed by atoms with E-state index in [9.17, 15) is 0 Å². The van der Waals surface area contributed by atoms with E-state index in [-0.39, 0.29) is 32.5 Å². The van der Waals surface area contributed by atoms with Crippen LogP contribution in [-0.2, 0) is 32.5 Å². The quantitative estimate of drug-likeness (QED) is 0.133. The highest BCUT2D eigenvalue weighted by molar-refractivity contribution is 6.23. The minimum Gasteiger partial charge on any atom is -0.311 e. The second kappa shape index (κ2) is 18.8. The van der Waals surface area contributed by atoms with Crippen LogP contribution in [0.5, 0.6) is 0 Å². The van der Waals surface area contributed by atoms with E-state index >= 15 is 0 Å². The van der Waals surface area contributed by atoms with E-state index < -0.39 is 0 Å². The zero-order valence-corrected chi connectivity index (χ0v) is 49.7. The standard InChI is InChI=1S/C74H88N2/c1-47(2)49-19-29-54(30-20-49)75(56-35-25-52(26-36-56)69(5,6)7)55-33-23-51(24-34-55)67-59-43-63-65(73(15,16)41-39-71(63,11)12)45-61(59)68(62-46-66-64(44-60(62)67)72(13,14)40-42-74(66,17)18)76(57-31-21-50(22-32-57)48(3)4)58-37-27-53(28-38-58)70(8,9)10/h19-38,43-48H,39-42H2,1-18H3. The molecule has 0 aromatic heterocycles. The molecule has 8 aromatic carbocycles. The fourth-order valence-corrected chi connectivity index (χ4v) is 12.7. The van der Waals surface area contributed by atoms with Crippen molar-refractivity contribution in [3.05, 3.63) is 190 Å². The molecule has 0 aliphatic heterocycles. The van der Waals surface area contributed by atoms with Gasteiger partial charge in [-0.2, -0.15) is 0 Å². The summed E-state index contributed by atoms with van der Waals surface area (Å²) in [6.45, 7) is 42.9. The molecule has 0 atom stereocenters. The SMILES string of the molecule is CC(C)c1ccc(N(c2ccc(-c3c4cc5c(cc4c(N(c4ccc(C(C)C)cc4)c4ccc(C(C)(C)C)cc4)c4cc6c(cc34)C(C)(C)CCC6(C)C)C(C)(C)CCC5(C)C)cc2)c2ccc(C(C)(C)C)cc2)cc1. The third-order valence-corrected chi connectivity index (χ3v) is 18.3. The van der Waals surface area contributed by atoms with Crippen LogP contribution in [0.2, 0.25) is 0 Å². The van der Waals surface area contributed by atoms with E-state index in [0.29, 0.717) is 11.8 Å². The van der Waals surface area contributed by atoms with Crippen LogP contribution >= 0.6 is 0 Å². The molecule has 394 valence electrons. The maximum atomic E-state index is 2.66. The molecule has 0 fully saturated rings. The summed E-state index contributed by atoms with van der Waals surface area (Å²) >= 11 is 0. The summed E-state index contributed by atoms with van der Waals surface area (Å²) in [6, 6.07) is 57.7. The molecule has 0 radical (unpaired) electrons. The molecule has 2 nitrogen and oxygen atoms in total. The van der Waals surface area contributed by atoms with Crippen molar-refractivity contribution < 1.29 is 0 Å². The lowest BCUT2D eigenvalue weighted by Crippen LogP contribution is -2.34. The van der Waals surface area contributed by atoms with Crippen LogP contribution in [0.3, 0.4) is 0 Å². The maximum Gasteiger partial charge on any atom is 0.0619 e. The van der Waals surface area contributed by atoms with Crippen molar-refractivity contribution in [3.63, 3.8) is 0 Å². The van der Waals surface area contributed by atoms with E-state index in [1.165, 1.54) is 94.2 Å². The van der Waals surface area contributed by atoms with Crippen LogP contribution in [0.4, 0.5) is 34.1 Å². The van der Waals surface area contributed by atoms with Crippen LogP contribution in [0.15, 0.2) is 146 Å². The Labute approximate surface area is 459 Å². The van der Waals surface area contributed by atoms with Gasteiger partial charge in [-0.3, -0.25) is 0 Å². The molecule has 10 rings (SSSR count). The average Bonchev–Trinajstić information content (AvgIpc) is 3.46. The zero-order chi connectivity index (χ0) is 54.7. The predicted molar refractivity (Wildman–Crippen MR) is 332 cm³/mol. The Kier molecular flexibility index (Phi) is 13.2. The average molecular weight is 1010 g/mol. The van der Waals surface area contributed by atoms with Crippen LogP contribution in [0.1, 0.15) is 207 Å². The second-order valence-electron chi connectivity index (χ2n) is 28.4. The van der Waals surface area contributed by atoms with Gasteiger partial charge in [0.1, 0.15) is 0 Å². The van der Waals surface area contributed by atoms with Crippen molar-refractivity contribution >= 4 is 55.7 Å². The summed E-state index contributed by atoms with van der Waals surface area (Å²) in [6.07, 6.45) is 4.60. The second-order valence-corrected chi connectivity index (χ2v) is 28.4. The van der Waals surface area contributed by atoms with Crippen molar-refractivity contribution in [3.8, 4) is 11.1 Å². The molecule has 76 heavy (non-hydrogen) atoms. The predicted octanol–water partition coefficient (Wildman–Crippen LogP) is 22.1. The van der Waals surface area contributed by atoms with E-state index in [0.717, 1.165) is 42.7 Å². The van der Waals surface area contributed by atoms with Crippen LogP contribution in [-0.4, -0.2) is 0 Å². The Morgan fingerprint density at radius 2 is 0.605 bits per heavy atom. The molecule has 0 bridgehead atoms. The summed E-state index contributed by atoms with van der Waals surface area (Å²) in [5, 5.41) is 5.26. The van der Waals surface area contributed by atoms with E-state index in [1.54, 1.807) is 0 Å². The molecule has 0 N–H and O–H groups in total. The molecule has 2 aliphatic carbocycles.